The number of carbonyl (C=O) groups is 1. The molecule has 3 heterocycles. The highest BCUT2D eigenvalue weighted by Crippen LogP contribution is 2.48. The van der Waals surface area contributed by atoms with Gasteiger partial charge in [-0.2, -0.15) is 0 Å². The third kappa shape index (κ3) is 10.1. The summed E-state index contributed by atoms with van der Waals surface area (Å²) in [7, 11) is 0. The minimum Gasteiger partial charge on any atom is -0.465 e. The number of rotatable bonds is 13. The second-order valence-corrected chi connectivity index (χ2v) is 14.4. The fraction of sp³-hybridized carbons (Fsp3) is 0.559. The van der Waals surface area contributed by atoms with Crippen molar-refractivity contribution < 1.29 is 23.7 Å². The van der Waals surface area contributed by atoms with E-state index in [0.717, 1.165) is 88.1 Å². The van der Waals surface area contributed by atoms with Crippen LogP contribution in [0.3, 0.4) is 0 Å². The Labute approximate surface area is 254 Å². The average molecular weight is 597 g/mol. The van der Waals surface area contributed by atoms with E-state index in [0.29, 0.717) is 6.42 Å². The van der Waals surface area contributed by atoms with E-state index in [1.807, 2.05) is 18.2 Å². The lowest BCUT2D eigenvalue weighted by molar-refractivity contribution is -0.114. The van der Waals surface area contributed by atoms with Gasteiger partial charge in [0.25, 0.3) is 0 Å². The first-order chi connectivity index (χ1) is 20.2. The second kappa shape index (κ2) is 16.1. The maximum absolute atomic E-state index is 12.7. The lowest BCUT2D eigenvalue weighted by Gasteiger charge is -2.35. The summed E-state index contributed by atoms with van der Waals surface area (Å²) in [6, 6.07) is 16.6. The van der Waals surface area contributed by atoms with Gasteiger partial charge in [0.15, 0.2) is 18.4 Å². The minimum atomic E-state index is -0.133. The van der Waals surface area contributed by atoms with Crippen LogP contribution in [0.25, 0.3) is 0 Å². The molecule has 3 fully saturated rings. The molecule has 0 amide bonds. The summed E-state index contributed by atoms with van der Waals surface area (Å²) >= 11 is 4.14. The predicted octanol–water partition coefficient (Wildman–Crippen LogP) is 8.14. The molecule has 0 bridgehead atoms. The Balaban J connectivity index is 1.05. The zero-order valence-corrected chi connectivity index (χ0v) is 25.7. The Morgan fingerprint density at radius 3 is 1.88 bits per heavy atom. The fourth-order valence-electron chi connectivity index (χ4n) is 5.42. The summed E-state index contributed by atoms with van der Waals surface area (Å²) in [5.41, 5.74) is 2.48. The summed E-state index contributed by atoms with van der Waals surface area (Å²) in [4.78, 5) is 12.7. The zero-order chi connectivity index (χ0) is 28.2. The van der Waals surface area contributed by atoms with Gasteiger partial charge in [0.2, 0.25) is 0 Å². The molecule has 2 unspecified atom stereocenters. The average Bonchev–Trinajstić information content (AvgIpc) is 3.02. The molecular weight excluding hydrogens is 553 g/mol. The second-order valence-electron chi connectivity index (χ2n) is 11.1. The molecule has 2 atom stereocenters. The van der Waals surface area contributed by atoms with E-state index >= 15 is 0 Å². The minimum absolute atomic E-state index is 0.107. The fourth-order valence-corrected chi connectivity index (χ4v) is 8.68. The predicted molar refractivity (Wildman–Crippen MR) is 169 cm³/mol. The van der Waals surface area contributed by atoms with Crippen molar-refractivity contribution in [2.24, 2.45) is 0 Å². The number of ketones is 1. The SMILES string of the molecule is O=C(C=CCC1(CCc2ccc(OC3CCCCO3)cc2)SCCCS1)CCc1ccc(OC2CCCCO2)cc1. The Morgan fingerprint density at radius 2 is 1.34 bits per heavy atom. The molecule has 7 heteroatoms. The summed E-state index contributed by atoms with van der Waals surface area (Å²) in [5.74, 6) is 4.29. The van der Waals surface area contributed by atoms with Crippen molar-refractivity contribution in [3.63, 3.8) is 0 Å². The summed E-state index contributed by atoms with van der Waals surface area (Å²) in [5, 5.41) is 0. The Bertz CT molecular complexity index is 1080. The molecule has 3 aliphatic heterocycles. The highest BCUT2D eigenvalue weighted by Gasteiger charge is 2.32. The van der Waals surface area contributed by atoms with Crippen LogP contribution in [0.15, 0.2) is 60.7 Å². The molecule has 2 aromatic rings. The standard InChI is InChI=1S/C34H44O5S2/c35-29(15-10-27-11-16-30(17-12-27)38-32-8-1-3-23-36-32)7-5-21-34(40-25-6-26-41-34)22-20-28-13-18-31(19-14-28)39-33-9-2-4-24-37-33/h5,7,11-14,16-19,32-33H,1-4,6,8-10,15,20-26H2. The van der Waals surface area contributed by atoms with Crippen LogP contribution in [0.4, 0.5) is 0 Å². The zero-order valence-electron chi connectivity index (χ0n) is 24.1. The molecule has 2 aromatic carbocycles. The summed E-state index contributed by atoms with van der Waals surface area (Å²) in [6.07, 6.45) is 15.7. The molecule has 0 aliphatic carbocycles. The van der Waals surface area contributed by atoms with Crippen LogP contribution in [0.2, 0.25) is 0 Å². The van der Waals surface area contributed by atoms with Crippen LogP contribution in [0, 0.1) is 0 Å². The van der Waals surface area contributed by atoms with E-state index in [1.165, 1.54) is 29.9 Å². The van der Waals surface area contributed by atoms with Crippen molar-refractivity contribution >= 4 is 29.3 Å². The van der Waals surface area contributed by atoms with Gasteiger partial charge in [0, 0.05) is 19.3 Å². The number of ether oxygens (including phenoxy) is 4. The van der Waals surface area contributed by atoms with Crippen LogP contribution < -0.4 is 9.47 Å². The number of hydrogen-bond acceptors (Lipinski definition) is 7. The van der Waals surface area contributed by atoms with Crippen molar-refractivity contribution in [3.8, 4) is 11.5 Å². The van der Waals surface area contributed by atoms with Crippen LogP contribution in [0.1, 0.15) is 75.3 Å². The molecule has 3 saturated heterocycles. The van der Waals surface area contributed by atoms with E-state index < -0.39 is 0 Å². The Hall–Kier alpha value is -1.93. The van der Waals surface area contributed by atoms with Gasteiger partial charge < -0.3 is 18.9 Å². The molecule has 222 valence electrons. The Kier molecular flexibility index (Phi) is 12.0. The van der Waals surface area contributed by atoms with Gasteiger partial charge in [-0.25, -0.2) is 0 Å². The van der Waals surface area contributed by atoms with Crippen LogP contribution >= 0.6 is 23.5 Å². The van der Waals surface area contributed by atoms with Crippen LogP contribution in [-0.2, 0) is 27.1 Å². The van der Waals surface area contributed by atoms with E-state index in [2.05, 4.69) is 66.0 Å². The number of carbonyl (C=O) groups excluding carboxylic acids is 1. The van der Waals surface area contributed by atoms with Gasteiger partial charge in [-0.05, 0) is 111 Å². The van der Waals surface area contributed by atoms with Gasteiger partial charge >= 0.3 is 0 Å². The van der Waals surface area contributed by atoms with Gasteiger partial charge in [0.05, 0.1) is 17.3 Å². The molecule has 0 aromatic heterocycles. The van der Waals surface area contributed by atoms with E-state index in [-0.39, 0.29) is 22.4 Å². The van der Waals surface area contributed by atoms with Crippen LogP contribution in [0.5, 0.6) is 11.5 Å². The quantitative estimate of drug-likeness (QED) is 0.216. The lowest BCUT2D eigenvalue weighted by atomic mass is 10.0. The van der Waals surface area contributed by atoms with Gasteiger partial charge in [0.1, 0.15) is 11.5 Å². The number of hydrogen-bond donors (Lipinski definition) is 0. The normalized spacial score (nSPS) is 22.8. The van der Waals surface area contributed by atoms with Crippen molar-refractivity contribution in [2.45, 2.75) is 93.7 Å². The first kappa shape index (κ1) is 30.5. The molecular formula is C34H44O5S2. The highest BCUT2D eigenvalue weighted by atomic mass is 32.2. The maximum Gasteiger partial charge on any atom is 0.199 e. The molecule has 41 heavy (non-hydrogen) atoms. The molecule has 5 nitrogen and oxygen atoms in total. The highest BCUT2D eigenvalue weighted by molar-refractivity contribution is 8.18. The van der Waals surface area contributed by atoms with Gasteiger partial charge in [-0.1, -0.05) is 30.3 Å². The lowest BCUT2D eigenvalue weighted by Crippen LogP contribution is -2.25. The maximum atomic E-state index is 12.7. The monoisotopic (exact) mass is 596 g/mol. The molecule has 0 saturated carbocycles. The van der Waals surface area contributed by atoms with Crippen molar-refractivity contribution in [1.82, 2.24) is 0 Å². The van der Waals surface area contributed by atoms with Gasteiger partial charge in [-0.15, -0.1) is 23.5 Å². The summed E-state index contributed by atoms with van der Waals surface area (Å²) < 4.78 is 23.4. The first-order valence-corrected chi connectivity index (χ1v) is 17.3. The Morgan fingerprint density at radius 1 is 0.780 bits per heavy atom. The van der Waals surface area contributed by atoms with E-state index in [1.54, 1.807) is 0 Å². The smallest absolute Gasteiger partial charge is 0.199 e. The van der Waals surface area contributed by atoms with Crippen molar-refractivity contribution in [3.05, 3.63) is 71.8 Å². The van der Waals surface area contributed by atoms with Crippen molar-refractivity contribution in [1.29, 1.82) is 0 Å². The molecule has 0 radical (unpaired) electrons. The van der Waals surface area contributed by atoms with Gasteiger partial charge in [-0.3, -0.25) is 4.79 Å². The number of aryl methyl sites for hydroxylation is 2. The first-order valence-electron chi connectivity index (χ1n) is 15.4. The van der Waals surface area contributed by atoms with E-state index in [4.69, 9.17) is 18.9 Å². The molecule has 5 rings (SSSR count). The largest absolute Gasteiger partial charge is 0.465 e. The van der Waals surface area contributed by atoms with E-state index in [9.17, 15) is 4.79 Å². The third-order valence-corrected chi connectivity index (χ3v) is 11.4. The third-order valence-electron chi connectivity index (χ3n) is 7.86. The topological polar surface area (TPSA) is 54.0 Å². The number of thioether (sulfide) groups is 2. The summed E-state index contributed by atoms with van der Waals surface area (Å²) in [6.45, 7) is 1.57. The number of benzene rings is 2. The van der Waals surface area contributed by atoms with Crippen molar-refractivity contribution in [2.75, 3.05) is 24.7 Å². The van der Waals surface area contributed by atoms with Crippen LogP contribution in [-0.4, -0.2) is 47.2 Å². The molecule has 0 N–H and O–H groups in total. The number of allylic oxidation sites excluding steroid dienone is 2. The molecule has 0 spiro atoms. The molecule has 3 aliphatic rings.